The summed E-state index contributed by atoms with van der Waals surface area (Å²) < 4.78 is 19.9. The summed E-state index contributed by atoms with van der Waals surface area (Å²) in [6.07, 6.45) is -0.137. The molecular weight excluding hydrogens is 280 g/mol. The average molecular weight is 294 g/mol. The summed E-state index contributed by atoms with van der Waals surface area (Å²) in [6.45, 7) is 1.39. The first-order chi connectivity index (χ1) is 10.1. The number of epoxide rings is 2. The van der Waals surface area contributed by atoms with Gasteiger partial charge in [0, 0.05) is 0 Å². The van der Waals surface area contributed by atoms with Crippen LogP contribution in [0.2, 0.25) is 0 Å². The van der Waals surface area contributed by atoms with E-state index >= 15 is 0 Å². The van der Waals surface area contributed by atoms with E-state index in [-0.39, 0.29) is 42.3 Å². The van der Waals surface area contributed by atoms with E-state index in [0.717, 1.165) is 0 Å². The van der Waals surface area contributed by atoms with Crippen molar-refractivity contribution in [2.24, 2.45) is 0 Å². The number of rotatable bonds is 6. The van der Waals surface area contributed by atoms with Gasteiger partial charge in [-0.1, -0.05) is 0 Å². The number of aromatic hydroxyl groups is 1. The summed E-state index contributed by atoms with van der Waals surface area (Å²) >= 11 is 0. The van der Waals surface area contributed by atoms with Crippen LogP contribution in [0.3, 0.4) is 0 Å². The first kappa shape index (κ1) is 13.8. The number of carbonyl (C=O) groups excluding carboxylic acids is 2. The molecule has 0 aromatic heterocycles. The molecule has 112 valence electrons. The van der Waals surface area contributed by atoms with Crippen LogP contribution in [0.25, 0.3) is 0 Å². The number of esters is 2. The minimum absolute atomic E-state index is 0.0302. The van der Waals surface area contributed by atoms with Crippen LogP contribution in [-0.2, 0) is 18.9 Å². The Kier molecular flexibility index (Phi) is 3.76. The van der Waals surface area contributed by atoms with Crippen molar-refractivity contribution in [2.45, 2.75) is 12.2 Å². The second-order valence-electron chi connectivity index (χ2n) is 4.84. The summed E-state index contributed by atoms with van der Waals surface area (Å²) in [7, 11) is 0. The third kappa shape index (κ3) is 3.71. The van der Waals surface area contributed by atoms with Gasteiger partial charge in [-0.15, -0.1) is 0 Å². The minimum Gasteiger partial charge on any atom is -0.508 e. The van der Waals surface area contributed by atoms with Crippen molar-refractivity contribution in [3.8, 4) is 5.75 Å². The Hall–Kier alpha value is -2.12. The molecule has 2 saturated heterocycles. The molecular formula is C14H14O7. The van der Waals surface area contributed by atoms with E-state index in [1.54, 1.807) is 0 Å². The summed E-state index contributed by atoms with van der Waals surface area (Å²) in [4.78, 5) is 24.0. The Labute approximate surface area is 120 Å². The molecule has 2 heterocycles. The molecule has 0 radical (unpaired) electrons. The lowest BCUT2D eigenvalue weighted by Gasteiger charge is -2.09. The van der Waals surface area contributed by atoms with Gasteiger partial charge in [0.05, 0.1) is 24.3 Å². The van der Waals surface area contributed by atoms with Gasteiger partial charge in [-0.05, 0) is 18.2 Å². The molecule has 7 nitrogen and oxygen atoms in total. The van der Waals surface area contributed by atoms with Gasteiger partial charge in [-0.2, -0.15) is 0 Å². The van der Waals surface area contributed by atoms with Crippen molar-refractivity contribution in [1.82, 2.24) is 0 Å². The molecule has 21 heavy (non-hydrogen) atoms. The van der Waals surface area contributed by atoms with Crippen molar-refractivity contribution < 1.29 is 33.6 Å². The fraction of sp³-hybridized carbons (Fsp3) is 0.429. The fourth-order valence-corrected chi connectivity index (χ4v) is 1.70. The third-order valence-corrected chi connectivity index (χ3v) is 3.05. The normalized spacial score (nSPS) is 22.5. The zero-order chi connectivity index (χ0) is 14.8. The number of benzene rings is 1. The number of hydrogen-bond donors (Lipinski definition) is 1. The summed E-state index contributed by atoms with van der Waals surface area (Å²) in [5.74, 6) is -1.48. The lowest BCUT2D eigenvalue weighted by molar-refractivity contribution is 0.0430. The molecule has 2 atom stereocenters. The maximum Gasteiger partial charge on any atom is 0.339 e. The Balaban J connectivity index is 1.70. The van der Waals surface area contributed by atoms with E-state index in [1.165, 1.54) is 18.2 Å². The van der Waals surface area contributed by atoms with E-state index in [2.05, 4.69) is 0 Å². The molecule has 2 unspecified atom stereocenters. The monoisotopic (exact) mass is 294 g/mol. The van der Waals surface area contributed by atoms with E-state index in [4.69, 9.17) is 18.9 Å². The van der Waals surface area contributed by atoms with Crippen molar-refractivity contribution in [2.75, 3.05) is 26.4 Å². The molecule has 2 aliphatic rings. The topological polar surface area (TPSA) is 97.9 Å². The fourth-order valence-electron chi connectivity index (χ4n) is 1.70. The zero-order valence-corrected chi connectivity index (χ0v) is 11.1. The molecule has 3 rings (SSSR count). The lowest BCUT2D eigenvalue weighted by Crippen LogP contribution is -2.17. The lowest BCUT2D eigenvalue weighted by atomic mass is 10.1. The molecule has 0 spiro atoms. The van der Waals surface area contributed by atoms with E-state index in [9.17, 15) is 14.7 Å². The molecule has 2 fully saturated rings. The van der Waals surface area contributed by atoms with Gasteiger partial charge in [0.1, 0.15) is 31.2 Å². The average Bonchev–Trinajstić information content (AvgIpc) is 3.36. The van der Waals surface area contributed by atoms with Crippen molar-refractivity contribution in [1.29, 1.82) is 0 Å². The van der Waals surface area contributed by atoms with Crippen LogP contribution in [-0.4, -0.2) is 55.7 Å². The van der Waals surface area contributed by atoms with Crippen LogP contribution in [0.5, 0.6) is 5.75 Å². The van der Waals surface area contributed by atoms with Gasteiger partial charge in [-0.3, -0.25) is 0 Å². The van der Waals surface area contributed by atoms with Crippen LogP contribution in [0, 0.1) is 0 Å². The minimum atomic E-state index is -0.698. The van der Waals surface area contributed by atoms with Gasteiger partial charge in [-0.25, -0.2) is 9.59 Å². The molecule has 0 amide bonds. The summed E-state index contributed by atoms with van der Waals surface area (Å²) in [5.41, 5.74) is 0.0209. The third-order valence-electron chi connectivity index (χ3n) is 3.05. The van der Waals surface area contributed by atoms with Crippen molar-refractivity contribution in [3.05, 3.63) is 29.3 Å². The van der Waals surface area contributed by atoms with Gasteiger partial charge in [0.25, 0.3) is 0 Å². The Bertz CT molecular complexity index is 560. The van der Waals surface area contributed by atoms with Crippen LogP contribution < -0.4 is 0 Å². The second kappa shape index (κ2) is 5.71. The van der Waals surface area contributed by atoms with Crippen LogP contribution >= 0.6 is 0 Å². The molecule has 2 aliphatic heterocycles. The molecule has 0 saturated carbocycles. The Morgan fingerprint density at radius 2 is 1.57 bits per heavy atom. The highest BCUT2D eigenvalue weighted by atomic mass is 16.6. The maximum atomic E-state index is 12.0. The maximum absolute atomic E-state index is 12.0. The summed E-state index contributed by atoms with van der Waals surface area (Å²) in [6, 6.07) is 3.82. The van der Waals surface area contributed by atoms with Crippen LogP contribution in [0.15, 0.2) is 18.2 Å². The smallest absolute Gasteiger partial charge is 0.339 e. The predicted octanol–water partition coefficient (Wildman–Crippen LogP) is 0.503. The predicted molar refractivity (Wildman–Crippen MR) is 68.2 cm³/mol. The Morgan fingerprint density at radius 3 is 2.10 bits per heavy atom. The van der Waals surface area contributed by atoms with E-state index < -0.39 is 11.9 Å². The van der Waals surface area contributed by atoms with Gasteiger partial charge in [0.15, 0.2) is 0 Å². The standard InChI is InChI=1S/C14H14O7/c15-8-1-2-11(13(16)20-6-9-4-18-9)12(3-8)14(17)21-7-10-5-19-10/h1-3,9-10,15H,4-7H2. The van der Waals surface area contributed by atoms with Gasteiger partial charge >= 0.3 is 11.9 Å². The van der Waals surface area contributed by atoms with Crippen LogP contribution in [0.4, 0.5) is 0 Å². The van der Waals surface area contributed by atoms with E-state index in [1.807, 2.05) is 0 Å². The highest BCUT2D eigenvalue weighted by Crippen LogP contribution is 2.20. The molecule has 0 bridgehead atoms. The van der Waals surface area contributed by atoms with Crippen molar-refractivity contribution in [3.63, 3.8) is 0 Å². The summed E-state index contributed by atoms with van der Waals surface area (Å²) in [5, 5.41) is 9.48. The first-order valence-electron chi connectivity index (χ1n) is 6.54. The van der Waals surface area contributed by atoms with Gasteiger partial charge in [0.2, 0.25) is 0 Å². The van der Waals surface area contributed by atoms with E-state index in [0.29, 0.717) is 13.2 Å². The van der Waals surface area contributed by atoms with Crippen LogP contribution in [0.1, 0.15) is 20.7 Å². The molecule has 1 aromatic carbocycles. The molecule has 1 aromatic rings. The number of phenols is 1. The number of ether oxygens (including phenoxy) is 4. The SMILES string of the molecule is O=C(OCC1CO1)c1ccc(O)cc1C(=O)OCC1CO1. The van der Waals surface area contributed by atoms with Gasteiger partial charge < -0.3 is 24.1 Å². The molecule has 1 N–H and O–H groups in total. The number of hydrogen-bond acceptors (Lipinski definition) is 7. The molecule has 0 aliphatic carbocycles. The molecule has 7 heteroatoms. The second-order valence-corrected chi connectivity index (χ2v) is 4.84. The van der Waals surface area contributed by atoms with Crippen molar-refractivity contribution >= 4 is 11.9 Å². The quantitative estimate of drug-likeness (QED) is 0.602. The highest BCUT2D eigenvalue weighted by molar-refractivity contribution is 6.03. The number of phenolic OH excluding ortho intramolecular Hbond substituents is 1. The Morgan fingerprint density at radius 1 is 1.05 bits per heavy atom. The first-order valence-corrected chi connectivity index (χ1v) is 6.54. The highest BCUT2D eigenvalue weighted by Gasteiger charge is 2.28. The largest absolute Gasteiger partial charge is 0.508 e. The zero-order valence-electron chi connectivity index (χ0n) is 11.1. The number of carbonyl (C=O) groups is 2.